The largest absolute Gasteiger partial charge is 0.496 e. The molecular formula is C19H15NO3S2. The number of amides is 2. The van der Waals surface area contributed by atoms with Crippen LogP contribution in [0.1, 0.15) is 21.5 Å². The summed E-state index contributed by atoms with van der Waals surface area (Å²) in [5.41, 5.74) is 2.14. The molecule has 1 aliphatic heterocycles. The summed E-state index contributed by atoms with van der Waals surface area (Å²) in [4.78, 5) is 26.9. The first kappa shape index (κ1) is 17.4. The number of aryl methyl sites for hydroxylation is 1. The smallest absolute Gasteiger partial charge is 0.273 e. The highest BCUT2D eigenvalue weighted by atomic mass is 32.2. The summed E-state index contributed by atoms with van der Waals surface area (Å²) in [7, 11) is 1.57. The Kier molecular flexibility index (Phi) is 5.01. The van der Waals surface area contributed by atoms with E-state index in [1.54, 1.807) is 31.4 Å². The number of rotatable bonds is 3. The van der Waals surface area contributed by atoms with Crippen LogP contribution < -0.4 is 4.74 Å². The van der Waals surface area contributed by atoms with Crippen molar-refractivity contribution in [2.75, 3.05) is 7.11 Å². The van der Waals surface area contributed by atoms with E-state index in [9.17, 15) is 9.59 Å². The highest BCUT2D eigenvalue weighted by molar-refractivity contribution is 8.26. The molecule has 1 fully saturated rings. The minimum absolute atomic E-state index is 0.234. The maximum atomic E-state index is 12.7. The normalized spacial score (nSPS) is 15.8. The third kappa shape index (κ3) is 3.50. The first-order valence-corrected chi connectivity index (χ1v) is 8.75. The van der Waals surface area contributed by atoms with Gasteiger partial charge in [0.05, 0.1) is 12.0 Å². The van der Waals surface area contributed by atoms with Crippen molar-refractivity contribution in [1.29, 1.82) is 0 Å². The summed E-state index contributed by atoms with van der Waals surface area (Å²) in [6.07, 6.45) is 1.70. The van der Waals surface area contributed by atoms with Crippen molar-refractivity contribution >= 4 is 46.2 Å². The van der Waals surface area contributed by atoms with Gasteiger partial charge in [0.15, 0.2) is 4.32 Å². The number of thioether (sulfide) groups is 1. The van der Waals surface area contributed by atoms with Crippen molar-refractivity contribution in [1.82, 2.24) is 4.90 Å². The quantitative estimate of drug-likeness (QED) is 0.464. The van der Waals surface area contributed by atoms with E-state index in [4.69, 9.17) is 17.0 Å². The average Bonchev–Trinajstić information content (AvgIpc) is 2.88. The molecule has 2 aromatic rings. The second kappa shape index (κ2) is 7.21. The number of carbonyl (C=O) groups excluding carboxylic acids is 2. The van der Waals surface area contributed by atoms with Crippen molar-refractivity contribution in [3.63, 3.8) is 0 Å². The zero-order valence-electron chi connectivity index (χ0n) is 13.7. The second-order valence-electron chi connectivity index (χ2n) is 5.43. The number of hydrogen-bond donors (Lipinski definition) is 0. The predicted molar refractivity (Wildman–Crippen MR) is 104 cm³/mol. The van der Waals surface area contributed by atoms with Crippen LogP contribution in [-0.4, -0.2) is 28.1 Å². The molecule has 0 aromatic heterocycles. The summed E-state index contributed by atoms with van der Waals surface area (Å²) >= 11 is 6.37. The molecule has 1 saturated heterocycles. The lowest BCUT2D eigenvalue weighted by atomic mass is 10.1. The molecule has 2 amide bonds. The fourth-order valence-corrected chi connectivity index (χ4v) is 3.72. The van der Waals surface area contributed by atoms with Gasteiger partial charge in [-0.15, -0.1) is 0 Å². The molecule has 6 heteroatoms. The predicted octanol–water partition coefficient (Wildman–Crippen LogP) is 4.05. The van der Waals surface area contributed by atoms with Gasteiger partial charge in [-0.2, -0.15) is 0 Å². The van der Waals surface area contributed by atoms with Gasteiger partial charge >= 0.3 is 0 Å². The standard InChI is InChI=1S/C19H15NO3S2/c1-12-6-5-8-14(10-12)17(21)20-18(22)16(25-19(20)24)11-13-7-3-4-9-15(13)23-2/h3-11H,1-2H3/b16-11+. The number of methoxy groups -OCH3 is 1. The number of nitrogens with zero attached hydrogens (tertiary/aromatic N) is 1. The van der Waals surface area contributed by atoms with Crippen LogP contribution in [0.5, 0.6) is 5.75 Å². The maximum Gasteiger partial charge on any atom is 0.273 e. The number of carbonyl (C=O) groups is 2. The van der Waals surface area contributed by atoms with E-state index in [2.05, 4.69) is 0 Å². The number of thiocarbonyl (C=S) groups is 1. The van der Waals surface area contributed by atoms with Crippen LogP contribution in [0.4, 0.5) is 0 Å². The molecule has 0 aliphatic carbocycles. The Morgan fingerprint density at radius 3 is 2.68 bits per heavy atom. The van der Waals surface area contributed by atoms with E-state index in [-0.39, 0.29) is 4.32 Å². The Morgan fingerprint density at radius 1 is 1.20 bits per heavy atom. The van der Waals surface area contributed by atoms with Crippen molar-refractivity contribution in [2.24, 2.45) is 0 Å². The molecule has 2 aromatic carbocycles. The number of para-hydroxylation sites is 1. The number of imide groups is 1. The van der Waals surface area contributed by atoms with E-state index < -0.39 is 11.8 Å². The van der Waals surface area contributed by atoms with Crippen molar-refractivity contribution < 1.29 is 14.3 Å². The summed E-state index contributed by atoms with van der Waals surface area (Å²) in [6, 6.07) is 14.4. The topological polar surface area (TPSA) is 46.6 Å². The van der Waals surface area contributed by atoms with E-state index in [0.717, 1.165) is 27.8 Å². The summed E-state index contributed by atoms with van der Waals surface area (Å²) < 4.78 is 5.53. The van der Waals surface area contributed by atoms with Crippen LogP contribution >= 0.6 is 24.0 Å². The molecule has 0 saturated carbocycles. The summed E-state index contributed by atoms with van der Waals surface area (Å²) in [5.74, 6) is -0.167. The maximum absolute atomic E-state index is 12.7. The molecule has 0 radical (unpaired) electrons. The molecule has 4 nitrogen and oxygen atoms in total. The lowest BCUT2D eigenvalue weighted by Crippen LogP contribution is -2.34. The number of hydrogen-bond acceptors (Lipinski definition) is 5. The Morgan fingerprint density at radius 2 is 1.96 bits per heavy atom. The summed E-state index contributed by atoms with van der Waals surface area (Å²) in [5, 5.41) is 0. The minimum Gasteiger partial charge on any atom is -0.496 e. The van der Waals surface area contributed by atoms with Crippen LogP contribution in [0.3, 0.4) is 0 Å². The Labute approximate surface area is 155 Å². The zero-order valence-corrected chi connectivity index (χ0v) is 15.3. The lowest BCUT2D eigenvalue weighted by molar-refractivity contribution is -0.120. The Hall–Kier alpha value is -2.44. The Bertz CT molecular complexity index is 905. The van der Waals surface area contributed by atoms with Crippen LogP contribution in [0.15, 0.2) is 53.4 Å². The van der Waals surface area contributed by atoms with E-state index in [1.807, 2.05) is 37.3 Å². The average molecular weight is 369 g/mol. The van der Waals surface area contributed by atoms with Gasteiger partial charge in [0.1, 0.15) is 5.75 Å². The number of ether oxygens (including phenoxy) is 1. The lowest BCUT2D eigenvalue weighted by Gasteiger charge is -2.12. The fraction of sp³-hybridized carbons (Fsp3) is 0.105. The molecule has 1 aliphatic rings. The van der Waals surface area contributed by atoms with Gasteiger partial charge in [-0.25, -0.2) is 4.90 Å². The van der Waals surface area contributed by atoms with E-state index >= 15 is 0 Å². The van der Waals surface area contributed by atoms with Crippen LogP contribution in [-0.2, 0) is 4.79 Å². The molecule has 0 bridgehead atoms. The molecule has 0 spiro atoms. The third-order valence-electron chi connectivity index (χ3n) is 3.69. The molecular weight excluding hydrogens is 354 g/mol. The molecule has 126 valence electrons. The van der Waals surface area contributed by atoms with Crippen molar-refractivity contribution in [2.45, 2.75) is 6.92 Å². The molecule has 0 atom stereocenters. The second-order valence-corrected chi connectivity index (χ2v) is 7.11. The first-order valence-electron chi connectivity index (χ1n) is 7.53. The van der Waals surface area contributed by atoms with E-state index in [0.29, 0.717) is 16.2 Å². The monoisotopic (exact) mass is 369 g/mol. The van der Waals surface area contributed by atoms with Gasteiger partial charge in [0.25, 0.3) is 11.8 Å². The molecule has 0 unspecified atom stereocenters. The highest BCUT2D eigenvalue weighted by Gasteiger charge is 2.37. The highest BCUT2D eigenvalue weighted by Crippen LogP contribution is 2.35. The SMILES string of the molecule is COc1ccccc1/C=C1/SC(=S)N(C(=O)c2cccc(C)c2)C1=O. The zero-order chi connectivity index (χ0) is 18.0. The number of benzene rings is 2. The van der Waals surface area contributed by atoms with Gasteiger partial charge in [-0.3, -0.25) is 9.59 Å². The van der Waals surface area contributed by atoms with Crippen molar-refractivity contribution in [3.8, 4) is 5.75 Å². The summed E-state index contributed by atoms with van der Waals surface area (Å²) in [6.45, 7) is 1.89. The molecule has 0 N–H and O–H groups in total. The van der Waals surface area contributed by atoms with Gasteiger partial charge in [-0.1, -0.05) is 59.9 Å². The van der Waals surface area contributed by atoms with Gasteiger partial charge in [0, 0.05) is 11.1 Å². The van der Waals surface area contributed by atoms with Crippen LogP contribution in [0.2, 0.25) is 0 Å². The van der Waals surface area contributed by atoms with E-state index in [1.165, 1.54) is 0 Å². The van der Waals surface area contributed by atoms with Gasteiger partial charge in [0.2, 0.25) is 0 Å². The fourth-order valence-electron chi connectivity index (χ4n) is 2.48. The molecule has 25 heavy (non-hydrogen) atoms. The third-order valence-corrected chi connectivity index (χ3v) is 4.99. The van der Waals surface area contributed by atoms with Gasteiger partial charge < -0.3 is 4.74 Å². The van der Waals surface area contributed by atoms with Crippen LogP contribution in [0, 0.1) is 6.92 Å². The molecule has 1 heterocycles. The molecule has 3 rings (SSSR count). The van der Waals surface area contributed by atoms with Crippen LogP contribution in [0.25, 0.3) is 6.08 Å². The van der Waals surface area contributed by atoms with Gasteiger partial charge in [-0.05, 0) is 31.2 Å². The minimum atomic E-state index is -0.410. The first-order chi connectivity index (χ1) is 12.0. The Balaban J connectivity index is 1.92. The van der Waals surface area contributed by atoms with Crippen molar-refractivity contribution in [3.05, 3.63) is 70.1 Å².